The van der Waals surface area contributed by atoms with Crippen molar-refractivity contribution in [1.82, 2.24) is 14.9 Å². The SMILES string of the molecule is CN=C(NCc1ccc(S(=O)(=O)N2CCCC2)cc1)NC1CCC(SC)C1. The molecular formula is C19H30N4O2S2. The molecule has 1 heterocycles. The number of benzene rings is 1. The molecule has 2 fully saturated rings. The molecule has 8 heteroatoms. The largest absolute Gasteiger partial charge is 0.354 e. The minimum absolute atomic E-state index is 0.379. The first-order chi connectivity index (χ1) is 13.0. The predicted molar refractivity (Wildman–Crippen MR) is 113 cm³/mol. The molecule has 2 N–H and O–H groups in total. The minimum atomic E-state index is -3.34. The van der Waals surface area contributed by atoms with Crippen LogP contribution in [-0.4, -0.2) is 56.4 Å². The second kappa shape index (κ2) is 9.30. The lowest BCUT2D eigenvalue weighted by Crippen LogP contribution is -2.42. The second-order valence-electron chi connectivity index (χ2n) is 7.19. The minimum Gasteiger partial charge on any atom is -0.354 e. The lowest BCUT2D eigenvalue weighted by molar-refractivity contribution is 0.477. The second-order valence-corrected chi connectivity index (χ2v) is 10.3. The Morgan fingerprint density at radius 2 is 1.93 bits per heavy atom. The summed E-state index contributed by atoms with van der Waals surface area (Å²) in [4.78, 5) is 4.69. The van der Waals surface area contributed by atoms with Crippen LogP contribution >= 0.6 is 11.8 Å². The van der Waals surface area contributed by atoms with E-state index in [0.717, 1.165) is 29.6 Å². The summed E-state index contributed by atoms with van der Waals surface area (Å²) in [7, 11) is -1.56. The van der Waals surface area contributed by atoms with Crippen molar-refractivity contribution in [3.8, 4) is 0 Å². The van der Waals surface area contributed by atoms with Crippen LogP contribution in [-0.2, 0) is 16.6 Å². The fraction of sp³-hybridized carbons (Fsp3) is 0.632. The maximum absolute atomic E-state index is 12.6. The van der Waals surface area contributed by atoms with Crippen LogP contribution in [0.2, 0.25) is 0 Å². The number of hydrogen-bond acceptors (Lipinski definition) is 4. The maximum atomic E-state index is 12.6. The van der Waals surface area contributed by atoms with Crippen LogP contribution in [0.15, 0.2) is 34.2 Å². The van der Waals surface area contributed by atoms with Crippen LogP contribution < -0.4 is 10.6 Å². The molecule has 6 nitrogen and oxygen atoms in total. The molecule has 2 unspecified atom stereocenters. The molecule has 0 radical (unpaired) electrons. The Labute approximate surface area is 167 Å². The zero-order valence-corrected chi connectivity index (χ0v) is 17.8. The van der Waals surface area contributed by atoms with Gasteiger partial charge in [-0.25, -0.2) is 8.42 Å². The summed E-state index contributed by atoms with van der Waals surface area (Å²) in [5.41, 5.74) is 1.03. The first-order valence-corrected chi connectivity index (χ1v) is 12.3. The Morgan fingerprint density at radius 1 is 1.22 bits per heavy atom. The molecule has 27 heavy (non-hydrogen) atoms. The third kappa shape index (κ3) is 5.18. The number of aliphatic imine (C=N–C) groups is 1. The molecule has 1 aromatic carbocycles. The smallest absolute Gasteiger partial charge is 0.243 e. The number of nitrogens with one attached hydrogen (secondary N) is 2. The molecule has 0 spiro atoms. The molecule has 0 bridgehead atoms. The summed E-state index contributed by atoms with van der Waals surface area (Å²) in [5.74, 6) is 0.801. The van der Waals surface area contributed by atoms with Crippen molar-refractivity contribution in [2.24, 2.45) is 4.99 Å². The number of hydrogen-bond donors (Lipinski definition) is 2. The molecule has 2 atom stereocenters. The Balaban J connectivity index is 1.53. The van der Waals surface area contributed by atoms with Crippen molar-refractivity contribution in [3.05, 3.63) is 29.8 Å². The zero-order chi connectivity index (χ0) is 19.3. The van der Waals surface area contributed by atoms with E-state index in [9.17, 15) is 8.42 Å². The predicted octanol–water partition coefficient (Wildman–Crippen LogP) is 2.42. The van der Waals surface area contributed by atoms with Crippen LogP contribution in [0, 0.1) is 0 Å². The number of nitrogens with zero attached hydrogens (tertiary/aromatic N) is 2. The highest BCUT2D eigenvalue weighted by Gasteiger charge is 2.27. The number of rotatable bonds is 6. The van der Waals surface area contributed by atoms with E-state index < -0.39 is 10.0 Å². The van der Waals surface area contributed by atoms with Crippen molar-refractivity contribution in [3.63, 3.8) is 0 Å². The summed E-state index contributed by atoms with van der Waals surface area (Å²) in [6.45, 7) is 1.88. The number of guanidine groups is 1. The molecular weight excluding hydrogens is 380 g/mol. The van der Waals surface area contributed by atoms with E-state index in [4.69, 9.17) is 0 Å². The third-order valence-corrected chi connectivity index (χ3v) is 8.38. The Bertz CT molecular complexity index is 743. The van der Waals surface area contributed by atoms with Gasteiger partial charge in [-0.05, 0) is 56.1 Å². The highest BCUT2D eigenvalue weighted by atomic mass is 32.2. The summed E-state index contributed by atoms with van der Waals surface area (Å²) >= 11 is 1.94. The van der Waals surface area contributed by atoms with Crippen molar-refractivity contribution in [2.45, 2.75) is 54.8 Å². The van der Waals surface area contributed by atoms with Gasteiger partial charge < -0.3 is 10.6 Å². The topological polar surface area (TPSA) is 73.8 Å². The van der Waals surface area contributed by atoms with Crippen LogP contribution in [0.25, 0.3) is 0 Å². The van der Waals surface area contributed by atoms with Gasteiger partial charge in [0.1, 0.15) is 0 Å². The molecule has 1 aromatic rings. The van der Waals surface area contributed by atoms with Crippen LogP contribution in [0.4, 0.5) is 0 Å². The average molecular weight is 411 g/mol. The first kappa shape index (κ1) is 20.5. The van der Waals surface area contributed by atoms with E-state index >= 15 is 0 Å². The fourth-order valence-electron chi connectivity index (χ4n) is 3.72. The monoisotopic (exact) mass is 410 g/mol. The highest BCUT2D eigenvalue weighted by molar-refractivity contribution is 7.99. The highest BCUT2D eigenvalue weighted by Crippen LogP contribution is 2.28. The Kier molecular flexibility index (Phi) is 7.05. The molecule has 1 saturated heterocycles. The lowest BCUT2D eigenvalue weighted by atomic mass is 10.2. The molecule has 1 aliphatic heterocycles. The summed E-state index contributed by atoms with van der Waals surface area (Å²) in [6.07, 6.45) is 7.68. The van der Waals surface area contributed by atoms with Gasteiger partial charge in [0.2, 0.25) is 10.0 Å². The Morgan fingerprint density at radius 3 is 2.52 bits per heavy atom. The van der Waals surface area contributed by atoms with Gasteiger partial charge in [0.15, 0.2) is 5.96 Å². The van der Waals surface area contributed by atoms with E-state index in [1.807, 2.05) is 23.9 Å². The van der Waals surface area contributed by atoms with Crippen LogP contribution in [0.3, 0.4) is 0 Å². The van der Waals surface area contributed by atoms with E-state index in [2.05, 4.69) is 21.9 Å². The van der Waals surface area contributed by atoms with Gasteiger partial charge in [-0.1, -0.05) is 12.1 Å². The molecule has 150 valence electrons. The fourth-order valence-corrected chi connectivity index (χ4v) is 6.03. The Hall–Kier alpha value is -1.25. The standard InChI is InChI=1S/C19H30N4O2S2/c1-20-19(22-16-7-8-17(13-16)26-2)21-14-15-5-9-18(10-6-15)27(24,25)23-11-3-4-12-23/h5-6,9-10,16-17H,3-4,7-8,11-14H2,1-2H3,(H2,20,21,22). The van der Waals surface area contributed by atoms with Gasteiger partial charge in [0.05, 0.1) is 4.90 Å². The van der Waals surface area contributed by atoms with Crippen molar-refractivity contribution >= 4 is 27.7 Å². The summed E-state index contributed by atoms with van der Waals surface area (Å²) in [5, 5.41) is 7.57. The summed E-state index contributed by atoms with van der Waals surface area (Å²) < 4.78 is 26.7. The van der Waals surface area contributed by atoms with Gasteiger partial charge in [-0.2, -0.15) is 16.1 Å². The van der Waals surface area contributed by atoms with Crippen molar-refractivity contribution < 1.29 is 8.42 Å². The van der Waals surface area contributed by atoms with E-state index in [0.29, 0.717) is 30.6 Å². The van der Waals surface area contributed by atoms with E-state index in [1.54, 1.807) is 23.5 Å². The van der Waals surface area contributed by atoms with Crippen molar-refractivity contribution in [1.29, 1.82) is 0 Å². The lowest BCUT2D eigenvalue weighted by Gasteiger charge is -2.18. The molecule has 3 rings (SSSR count). The molecule has 0 aromatic heterocycles. The molecule has 0 amide bonds. The summed E-state index contributed by atoms with van der Waals surface area (Å²) in [6, 6.07) is 7.65. The molecule has 2 aliphatic rings. The van der Waals surface area contributed by atoms with Crippen LogP contribution in [0.1, 0.15) is 37.7 Å². The normalized spacial score (nSPS) is 24.3. The van der Waals surface area contributed by atoms with Gasteiger partial charge in [-0.15, -0.1) is 0 Å². The maximum Gasteiger partial charge on any atom is 0.243 e. The van der Waals surface area contributed by atoms with E-state index in [-0.39, 0.29) is 0 Å². The van der Waals surface area contributed by atoms with Gasteiger partial charge in [0.25, 0.3) is 0 Å². The first-order valence-electron chi connectivity index (χ1n) is 9.62. The quantitative estimate of drug-likeness (QED) is 0.557. The van der Waals surface area contributed by atoms with Crippen LogP contribution in [0.5, 0.6) is 0 Å². The van der Waals surface area contributed by atoms with Gasteiger partial charge in [-0.3, -0.25) is 4.99 Å². The third-order valence-electron chi connectivity index (χ3n) is 5.37. The zero-order valence-electron chi connectivity index (χ0n) is 16.1. The van der Waals surface area contributed by atoms with Gasteiger partial charge in [0, 0.05) is 38.0 Å². The number of sulfonamides is 1. The van der Waals surface area contributed by atoms with E-state index in [1.165, 1.54) is 19.3 Å². The molecule has 1 saturated carbocycles. The average Bonchev–Trinajstić information content (AvgIpc) is 3.37. The van der Waals surface area contributed by atoms with Crippen molar-refractivity contribution in [2.75, 3.05) is 26.4 Å². The molecule has 1 aliphatic carbocycles. The number of thioether (sulfide) groups is 1. The van der Waals surface area contributed by atoms with Gasteiger partial charge >= 0.3 is 0 Å².